The fourth-order valence-electron chi connectivity index (χ4n) is 5.60. The van der Waals surface area contributed by atoms with E-state index in [0.717, 1.165) is 24.2 Å². The first-order valence-corrected chi connectivity index (χ1v) is 15.7. The van der Waals surface area contributed by atoms with Gasteiger partial charge in [0.25, 0.3) is 0 Å². The molecule has 0 amide bonds. The summed E-state index contributed by atoms with van der Waals surface area (Å²) in [6.07, 6.45) is 2.10. The molecule has 7 atom stereocenters. The zero-order valence-corrected chi connectivity index (χ0v) is 24.3. The van der Waals surface area contributed by atoms with Gasteiger partial charge >= 0.3 is 0 Å². The maximum absolute atomic E-state index is 13.8. The lowest BCUT2D eigenvalue weighted by Gasteiger charge is -2.23. The second-order valence-corrected chi connectivity index (χ2v) is 12.7. The largest absolute Gasteiger partial charge is 0.377 e. The highest BCUT2D eigenvalue weighted by atomic mass is 32.2. The Morgan fingerprint density at radius 2 is 2.02 bits per heavy atom. The van der Waals surface area contributed by atoms with Crippen LogP contribution in [-0.4, -0.2) is 78.5 Å². The van der Waals surface area contributed by atoms with Crippen molar-refractivity contribution in [3.63, 3.8) is 0 Å². The lowest BCUT2D eigenvalue weighted by molar-refractivity contribution is -0.169. The molecule has 3 aromatic rings. The first-order valence-electron chi connectivity index (χ1n) is 13.6. The lowest BCUT2D eigenvalue weighted by atomic mass is 10.1. The summed E-state index contributed by atoms with van der Waals surface area (Å²) < 4.78 is 47.7. The Labute approximate surface area is 236 Å². The Hall–Kier alpha value is -2.02. The van der Waals surface area contributed by atoms with Gasteiger partial charge in [-0.1, -0.05) is 30.0 Å². The minimum Gasteiger partial charge on any atom is -0.377 e. The summed E-state index contributed by atoms with van der Waals surface area (Å²) in [4.78, 5) is 18.8. The van der Waals surface area contributed by atoms with Crippen LogP contribution in [0.2, 0.25) is 0 Å². The van der Waals surface area contributed by atoms with Crippen LogP contribution in [0.1, 0.15) is 57.6 Å². The van der Waals surface area contributed by atoms with Crippen LogP contribution in [0.15, 0.2) is 23.4 Å². The van der Waals surface area contributed by atoms with Gasteiger partial charge < -0.3 is 24.4 Å². The lowest BCUT2D eigenvalue weighted by Crippen LogP contribution is -2.31. The number of fused-ring (bicyclic) bond motifs is 2. The molecule has 10 nitrogen and oxygen atoms in total. The van der Waals surface area contributed by atoms with E-state index >= 15 is 0 Å². The molecule has 3 unspecified atom stereocenters. The summed E-state index contributed by atoms with van der Waals surface area (Å²) in [6.45, 7) is 6.31. The van der Waals surface area contributed by atoms with E-state index < -0.39 is 17.4 Å². The molecule has 0 bridgehead atoms. The predicted molar refractivity (Wildman–Crippen MR) is 148 cm³/mol. The molecule has 0 spiro atoms. The van der Waals surface area contributed by atoms with Crippen molar-refractivity contribution in [2.45, 2.75) is 87.3 Å². The highest BCUT2D eigenvalue weighted by molar-refractivity contribution is 7.99. The van der Waals surface area contributed by atoms with Crippen LogP contribution in [-0.2, 0) is 14.2 Å². The maximum atomic E-state index is 13.8. The van der Waals surface area contributed by atoms with Crippen molar-refractivity contribution in [2.24, 2.45) is 0 Å². The minimum atomic E-state index is -0.851. The highest BCUT2D eigenvalue weighted by Gasteiger charge is 2.56. The molecule has 2 aromatic heterocycles. The van der Waals surface area contributed by atoms with Gasteiger partial charge in [0, 0.05) is 39.1 Å². The monoisotopic (exact) mass is 594 g/mol. The molecule has 3 heterocycles. The molecule has 0 radical (unpaired) electrons. The van der Waals surface area contributed by atoms with Crippen molar-refractivity contribution < 1.29 is 27.9 Å². The Morgan fingerprint density at radius 3 is 2.80 bits per heavy atom. The minimum absolute atomic E-state index is 0.00498. The molecular formula is C26H33F2N6O4PS. The summed E-state index contributed by atoms with van der Waals surface area (Å²) in [7, 11) is -0.169. The number of anilines is 1. The van der Waals surface area contributed by atoms with Gasteiger partial charge in [-0.05, 0) is 44.4 Å². The zero-order chi connectivity index (χ0) is 28.0. The average Bonchev–Trinajstić information content (AvgIpc) is 3.26. The number of rotatable bonds is 11. The fourth-order valence-corrected chi connectivity index (χ4v) is 6.50. The van der Waals surface area contributed by atoms with Crippen LogP contribution in [0, 0.1) is 11.6 Å². The molecule has 1 aromatic carbocycles. The molecule has 2 N–H and O–H groups in total. The van der Waals surface area contributed by atoms with Crippen molar-refractivity contribution in [1.29, 1.82) is 0 Å². The number of nitrogens with zero attached hydrogens (tertiary/aromatic N) is 5. The van der Waals surface area contributed by atoms with Crippen molar-refractivity contribution in [3.05, 3.63) is 35.4 Å². The quantitative estimate of drug-likeness (QED) is 0.143. The molecule has 6 rings (SSSR count). The molecule has 2 aliphatic carbocycles. The second-order valence-electron chi connectivity index (χ2n) is 10.9. The number of hydrogen-bond acceptors (Lipinski definition) is 10. The number of benzene rings is 1. The number of halogens is 2. The topological polar surface area (TPSA) is 116 Å². The van der Waals surface area contributed by atoms with E-state index in [-0.39, 0.29) is 45.1 Å². The van der Waals surface area contributed by atoms with Crippen LogP contribution in [0.5, 0.6) is 0 Å². The maximum Gasteiger partial charge on any atom is 0.191 e. The zero-order valence-electron chi connectivity index (χ0n) is 22.5. The third-order valence-electron chi connectivity index (χ3n) is 7.47. The molecule has 14 heteroatoms. The van der Waals surface area contributed by atoms with E-state index in [1.165, 1.54) is 12.1 Å². The van der Waals surface area contributed by atoms with E-state index in [9.17, 15) is 13.7 Å². The van der Waals surface area contributed by atoms with Gasteiger partial charge in [0.1, 0.15) is 12.2 Å². The van der Waals surface area contributed by atoms with Gasteiger partial charge in [-0.2, -0.15) is 0 Å². The highest BCUT2D eigenvalue weighted by Crippen LogP contribution is 2.47. The van der Waals surface area contributed by atoms with E-state index in [1.54, 1.807) is 22.5 Å². The summed E-state index contributed by atoms with van der Waals surface area (Å²) in [5, 5.41) is 13.1. The van der Waals surface area contributed by atoms with Gasteiger partial charge in [-0.3, -0.25) is 0 Å². The fraction of sp³-hybridized carbons (Fsp3) is 0.615. The normalized spacial score (nSPS) is 29.1. The smallest absolute Gasteiger partial charge is 0.191 e. The molecular weight excluding hydrogens is 561 g/mol. The molecule has 1 aliphatic heterocycles. The van der Waals surface area contributed by atoms with Crippen molar-refractivity contribution in [1.82, 2.24) is 25.0 Å². The summed E-state index contributed by atoms with van der Waals surface area (Å²) in [5.41, 5.74) is 1.88. The van der Waals surface area contributed by atoms with E-state index in [0.29, 0.717) is 41.3 Å². The van der Waals surface area contributed by atoms with E-state index in [1.807, 2.05) is 13.8 Å². The summed E-state index contributed by atoms with van der Waals surface area (Å²) in [6, 6.07) is 3.84. The van der Waals surface area contributed by atoms with Gasteiger partial charge in [-0.25, -0.2) is 23.4 Å². The van der Waals surface area contributed by atoms with E-state index in [4.69, 9.17) is 24.2 Å². The molecule has 3 fully saturated rings. The number of hydrogen-bond donors (Lipinski definition) is 2. The Morgan fingerprint density at radius 1 is 1.20 bits per heavy atom. The van der Waals surface area contributed by atoms with Gasteiger partial charge in [0.15, 0.2) is 39.6 Å². The van der Waals surface area contributed by atoms with Crippen LogP contribution >= 0.6 is 20.6 Å². The van der Waals surface area contributed by atoms with Crippen molar-refractivity contribution in [3.8, 4) is 0 Å². The van der Waals surface area contributed by atoms with E-state index in [2.05, 4.69) is 22.6 Å². The van der Waals surface area contributed by atoms with Crippen LogP contribution in [0.25, 0.3) is 11.2 Å². The number of thioether (sulfide) groups is 1. The Bertz CT molecular complexity index is 1380. The Balaban J connectivity index is 1.30. The average molecular weight is 595 g/mol. The van der Waals surface area contributed by atoms with Crippen molar-refractivity contribution >= 4 is 37.6 Å². The Kier molecular flexibility index (Phi) is 7.97. The first-order chi connectivity index (χ1) is 19.3. The molecule has 216 valence electrons. The molecule has 40 heavy (non-hydrogen) atoms. The molecule has 2 saturated carbocycles. The summed E-state index contributed by atoms with van der Waals surface area (Å²) in [5.74, 6) is -0.995. The number of nitrogens with one attached hydrogen (secondary N) is 1. The third-order valence-corrected chi connectivity index (χ3v) is 8.95. The number of ether oxygens (including phenoxy) is 3. The second kappa shape index (κ2) is 11.3. The first kappa shape index (κ1) is 28.1. The number of aromatic nitrogens is 5. The van der Waals surface area contributed by atoms with Gasteiger partial charge in [-0.15, -0.1) is 5.10 Å². The van der Waals surface area contributed by atoms with Gasteiger partial charge in [0.2, 0.25) is 0 Å². The van der Waals surface area contributed by atoms with Crippen LogP contribution < -0.4 is 5.32 Å². The van der Waals surface area contributed by atoms with Crippen molar-refractivity contribution in [2.75, 3.05) is 23.8 Å². The van der Waals surface area contributed by atoms with Gasteiger partial charge in [0.05, 0.1) is 18.8 Å². The van der Waals surface area contributed by atoms with Crippen LogP contribution in [0.4, 0.5) is 14.6 Å². The molecule has 3 aliphatic rings. The summed E-state index contributed by atoms with van der Waals surface area (Å²) >= 11 is 1.56. The molecule has 1 saturated heterocycles. The standard InChI is InChI=1S/C26H33F2N6O4PS/c1-4-9-40-25-30-23(29-17-11-14(17)13-5-6-15(27)16(28)10-13)20-24(31-25)34(33-32-20)18-12-19(36-7-8-39-35)22-21(18)37-26(2,3)38-22/h5-6,10,14,17-19,21-22,35,39H,4,7-9,11-12H2,1-3H3,(H,29,30,31)/t14-,17?,18+,19-,21?,22+/m0/s1. The third kappa shape index (κ3) is 5.56. The SMILES string of the molecule is CCCSc1nc(NC2C[C@H]2c2ccc(F)c(F)c2)c2nnn([C@@H]3C[C@H](OCCPO)[C@H]4OC(C)(C)OC34)c2n1. The predicted octanol–water partition coefficient (Wildman–Crippen LogP) is 4.41. The van der Waals surface area contributed by atoms with Crippen LogP contribution in [0.3, 0.4) is 0 Å².